The molecular weight excluding hydrogens is 1040 g/mol. The third kappa shape index (κ3) is 18.2. The van der Waals surface area contributed by atoms with Gasteiger partial charge >= 0.3 is 0 Å². The lowest BCUT2D eigenvalue weighted by Crippen LogP contribution is -2.53. The molecule has 5 atom stereocenters. The first-order chi connectivity index (χ1) is 39.8. The quantitative estimate of drug-likeness (QED) is 0.0215. The molecule has 1 aromatic heterocycles. The van der Waals surface area contributed by atoms with E-state index in [1.807, 2.05) is 67.8 Å². The van der Waals surface area contributed by atoms with Gasteiger partial charge < -0.3 is 50.0 Å². The summed E-state index contributed by atoms with van der Waals surface area (Å²) in [6.07, 6.45) is 14.9. The van der Waals surface area contributed by atoms with E-state index in [9.17, 15) is 24.0 Å². The predicted octanol–water partition coefficient (Wildman–Crippen LogP) is 10.3. The van der Waals surface area contributed by atoms with Gasteiger partial charge in [0.05, 0.1) is 50.7 Å². The zero-order valence-electron chi connectivity index (χ0n) is 49.2. The monoisotopic (exact) mass is 1130 g/mol. The van der Waals surface area contributed by atoms with Gasteiger partial charge in [0.25, 0.3) is 11.8 Å². The molecule has 2 fully saturated rings. The number of amides is 5. The molecule has 3 aliphatic heterocycles. The Kier molecular flexibility index (Phi) is 24.8. The number of unbranched alkanes of at least 4 members (excludes halogenated alkanes) is 5. The molecule has 444 valence electrons. The van der Waals surface area contributed by atoms with Crippen LogP contribution < -0.4 is 31.3 Å². The van der Waals surface area contributed by atoms with Gasteiger partial charge in [-0.2, -0.15) is 0 Å². The summed E-state index contributed by atoms with van der Waals surface area (Å²) in [4.78, 5) is 71.8. The van der Waals surface area contributed by atoms with E-state index in [0.29, 0.717) is 93.3 Å². The van der Waals surface area contributed by atoms with E-state index in [0.717, 1.165) is 100.0 Å². The lowest BCUT2D eigenvalue weighted by molar-refractivity contribution is -0.137. The molecule has 2 saturated heterocycles. The smallest absolute Gasteiger partial charge is 0.255 e. The van der Waals surface area contributed by atoms with E-state index < -0.39 is 17.5 Å². The number of likely N-dealkylation sites (tertiary alicyclic amines) is 1. The summed E-state index contributed by atoms with van der Waals surface area (Å²) < 4.78 is 23.2. The highest BCUT2D eigenvalue weighted by atomic mass is 16.5. The fourth-order valence-corrected chi connectivity index (χ4v) is 11.3. The Labute approximate surface area is 486 Å². The van der Waals surface area contributed by atoms with Crippen molar-refractivity contribution in [3.8, 4) is 5.75 Å². The molecular formula is C65H90N8O9. The molecule has 0 bridgehead atoms. The Morgan fingerprint density at radius 1 is 0.768 bits per heavy atom. The number of hydrogen-bond acceptors (Lipinski definition) is 13. The number of carbonyl (C=O) groups excluding carboxylic acids is 5. The van der Waals surface area contributed by atoms with Gasteiger partial charge in [-0.1, -0.05) is 77.3 Å². The topological polar surface area (TPSA) is 202 Å². The van der Waals surface area contributed by atoms with Crippen molar-refractivity contribution in [1.82, 2.24) is 30.7 Å². The molecule has 4 heterocycles. The van der Waals surface area contributed by atoms with Crippen LogP contribution in [0, 0.1) is 11.8 Å². The van der Waals surface area contributed by atoms with Crippen LogP contribution in [-0.2, 0) is 35.1 Å². The van der Waals surface area contributed by atoms with Crippen molar-refractivity contribution in [3.05, 3.63) is 131 Å². The highest BCUT2D eigenvalue weighted by Gasteiger charge is 2.41. The molecule has 0 spiro atoms. The maximum Gasteiger partial charge on any atom is 0.255 e. The minimum atomic E-state index is -0.705. The summed E-state index contributed by atoms with van der Waals surface area (Å²) >= 11 is 0. The molecule has 5 amide bonds. The van der Waals surface area contributed by atoms with Crippen molar-refractivity contribution >= 4 is 40.9 Å². The second-order valence-electron chi connectivity index (χ2n) is 22.4. The number of pyridine rings is 1. The van der Waals surface area contributed by atoms with Gasteiger partial charge in [0, 0.05) is 91.8 Å². The van der Waals surface area contributed by atoms with Crippen LogP contribution in [0.4, 0.5) is 11.4 Å². The average Bonchev–Trinajstić information content (AvgIpc) is 3.70. The van der Waals surface area contributed by atoms with E-state index in [-0.39, 0.29) is 55.1 Å². The number of carbonyl (C=O) groups is 5. The van der Waals surface area contributed by atoms with Gasteiger partial charge in [0.2, 0.25) is 17.7 Å². The molecule has 17 heteroatoms. The number of rotatable bonds is 35. The lowest BCUT2D eigenvalue weighted by atomic mass is 9.78. The molecule has 4 unspecified atom stereocenters. The molecule has 7 rings (SSSR count). The summed E-state index contributed by atoms with van der Waals surface area (Å²) in [6, 6.07) is 24.4. The minimum absolute atomic E-state index is 0.0945. The van der Waals surface area contributed by atoms with Crippen LogP contribution in [0.3, 0.4) is 0 Å². The number of anilines is 2. The van der Waals surface area contributed by atoms with E-state index in [4.69, 9.17) is 25.5 Å². The van der Waals surface area contributed by atoms with Crippen LogP contribution in [0.2, 0.25) is 0 Å². The Morgan fingerprint density at radius 2 is 1.43 bits per heavy atom. The Morgan fingerprint density at radius 3 is 2.10 bits per heavy atom. The fraction of sp³-hybridized carbons (Fsp3) is 0.538. The third-order valence-corrected chi connectivity index (χ3v) is 16.6. The number of nitrogens with one attached hydrogen (secondary N) is 5. The average molecular weight is 1130 g/mol. The number of aromatic nitrogens is 1. The van der Waals surface area contributed by atoms with Crippen LogP contribution >= 0.6 is 0 Å². The highest BCUT2D eigenvalue weighted by molar-refractivity contribution is 6.06. The molecule has 0 aliphatic carbocycles. The van der Waals surface area contributed by atoms with Crippen molar-refractivity contribution in [3.63, 3.8) is 0 Å². The second kappa shape index (κ2) is 32.3. The summed E-state index contributed by atoms with van der Waals surface area (Å²) in [6.45, 7) is 19.6. The second-order valence-corrected chi connectivity index (χ2v) is 22.4. The molecule has 3 aromatic carbocycles. The standard InChI is InChI=1S/C65H90N8O9/c1-7-46(3)54(8-2)61(50-29-33-66-34-30-50)68-48(5)65(31-35-72(6)36-32-65)71-52-19-16-18-51(44-52)62(76)67-47(4)49-23-25-53(26-24-49)82-39-15-10-9-13-37-79-40-42-81-43-41-80-38-14-11-12-22-59(74)69-57-21-17-20-55-56(57)45-73(64(55)78)58-27-28-60(75)70-63(58)77/h16-21,23-26,29-30,33-34,44,46-47,54,58,61,68,71H,5,7-15,22,27-28,31-32,35-43,45H2,1-4,6H3,(H,67,76)(H,69,74)(H,70,75,77)/t46?,47-,54?,58?,61?/m1/s1. The Hall–Kier alpha value is -6.66. The van der Waals surface area contributed by atoms with E-state index in [2.05, 4.69) is 76.4 Å². The maximum absolute atomic E-state index is 13.7. The SMILES string of the molecule is C=C(NC(c1ccncc1)C(CC)C(C)CC)C1(Nc2cccc(C(=O)N[C@H](C)c3ccc(OCCCCCCOCCOCCOCCCCCC(=O)Nc4cccc5c4CN(C4CCC(=O)NC4=O)C5=O)cc3)c2)CCN(C)CC1. The van der Waals surface area contributed by atoms with Crippen molar-refractivity contribution in [1.29, 1.82) is 0 Å². The van der Waals surface area contributed by atoms with E-state index in [1.54, 1.807) is 18.2 Å². The summed E-state index contributed by atoms with van der Waals surface area (Å²) in [5.74, 6) is 0.417. The van der Waals surface area contributed by atoms with Gasteiger partial charge in [0.1, 0.15) is 11.8 Å². The van der Waals surface area contributed by atoms with Crippen molar-refractivity contribution in [2.45, 2.75) is 148 Å². The Balaban J connectivity index is 0.700. The van der Waals surface area contributed by atoms with Crippen molar-refractivity contribution < 1.29 is 42.9 Å². The lowest BCUT2D eigenvalue weighted by Gasteiger charge is -2.45. The van der Waals surface area contributed by atoms with E-state index >= 15 is 0 Å². The zero-order valence-corrected chi connectivity index (χ0v) is 49.2. The predicted molar refractivity (Wildman–Crippen MR) is 320 cm³/mol. The largest absolute Gasteiger partial charge is 0.494 e. The summed E-state index contributed by atoms with van der Waals surface area (Å²) in [5.41, 5.74) is 6.01. The van der Waals surface area contributed by atoms with Gasteiger partial charge in [0.15, 0.2) is 0 Å². The normalized spacial score (nSPS) is 17.5. The Bertz CT molecular complexity index is 2700. The number of ether oxygens (including phenoxy) is 4. The molecule has 4 aromatic rings. The van der Waals surface area contributed by atoms with Gasteiger partial charge in [-0.25, -0.2) is 0 Å². The minimum Gasteiger partial charge on any atom is -0.494 e. The summed E-state index contributed by atoms with van der Waals surface area (Å²) in [7, 11) is 2.17. The first-order valence-electron chi connectivity index (χ1n) is 30.0. The molecule has 3 aliphatic rings. The van der Waals surface area contributed by atoms with E-state index in [1.165, 1.54) is 10.5 Å². The first-order valence-corrected chi connectivity index (χ1v) is 30.0. The van der Waals surface area contributed by atoms with Crippen LogP contribution in [-0.4, -0.2) is 122 Å². The van der Waals surface area contributed by atoms with Crippen molar-refractivity contribution in [2.75, 3.05) is 77.0 Å². The number of fused-ring (bicyclic) bond motifs is 1. The van der Waals surface area contributed by atoms with Crippen LogP contribution in [0.15, 0.2) is 104 Å². The molecule has 0 saturated carbocycles. The van der Waals surface area contributed by atoms with Crippen LogP contribution in [0.25, 0.3) is 0 Å². The number of imide groups is 1. The number of nitrogens with zero attached hydrogens (tertiary/aromatic N) is 3. The van der Waals surface area contributed by atoms with Gasteiger partial charge in [-0.15, -0.1) is 0 Å². The first kappa shape index (κ1) is 62.9. The summed E-state index contributed by atoms with van der Waals surface area (Å²) in [5, 5.41) is 16.3. The number of hydrogen-bond donors (Lipinski definition) is 5. The van der Waals surface area contributed by atoms with Gasteiger partial charge in [-0.3, -0.25) is 34.3 Å². The maximum atomic E-state index is 13.7. The number of piperidine rings is 2. The van der Waals surface area contributed by atoms with Crippen LogP contribution in [0.1, 0.15) is 167 Å². The molecule has 5 N–H and O–H groups in total. The van der Waals surface area contributed by atoms with Gasteiger partial charge in [-0.05, 0) is 143 Å². The highest BCUT2D eigenvalue weighted by Crippen LogP contribution is 2.38. The zero-order chi connectivity index (χ0) is 58.3. The molecule has 82 heavy (non-hydrogen) atoms. The number of benzene rings is 3. The molecule has 0 radical (unpaired) electrons. The third-order valence-electron chi connectivity index (χ3n) is 16.6. The van der Waals surface area contributed by atoms with Crippen molar-refractivity contribution in [2.24, 2.45) is 11.8 Å². The van der Waals surface area contributed by atoms with Crippen LogP contribution in [0.5, 0.6) is 5.75 Å². The molecule has 17 nitrogen and oxygen atoms in total. The fourth-order valence-electron chi connectivity index (χ4n) is 11.3.